The lowest BCUT2D eigenvalue weighted by atomic mass is 9.81. The summed E-state index contributed by atoms with van der Waals surface area (Å²) in [5.41, 5.74) is 14.6. The smallest absolute Gasteiger partial charge is 0.136 e. The van der Waals surface area contributed by atoms with Crippen molar-refractivity contribution in [3.63, 3.8) is 0 Å². The van der Waals surface area contributed by atoms with Crippen LogP contribution in [0.3, 0.4) is 0 Å². The molecular weight excluding hydrogens is 677 g/mol. The second-order valence-electron chi connectivity index (χ2n) is 16.0. The first-order chi connectivity index (χ1) is 27.5. The summed E-state index contributed by atoms with van der Waals surface area (Å²) in [6, 6.07) is 67.3. The topological polar surface area (TPSA) is 13.1 Å². The molecule has 1 heteroatoms. The lowest BCUT2D eigenvalue weighted by molar-refractivity contribution is 0.661. The Morgan fingerprint density at radius 2 is 0.946 bits per heavy atom. The van der Waals surface area contributed by atoms with Gasteiger partial charge in [0.2, 0.25) is 0 Å². The first kappa shape index (κ1) is 31.4. The third-order valence-electron chi connectivity index (χ3n) is 12.6. The van der Waals surface area contributed by atoms with Gasteiger partial charge in [0.05, 0.1) is 0 Å². The maximum absolute atomic E-state index is 6.29. The Morgan fingerprint density at radius 1 is 0.339 bits per heavy atom. The van der Waals surface area contributed by atoms with Crippen molar-refractivity contribution >= 4 is 65.0 Å². The number of rotatable bonds is 3. The number of hydrogen-bond acceptors (Lipinski definition) is 1. The van der Waals surface area contributed by atoms with Crippen LogP contribution in [0.4, 0.5) is 0 Å². The number of benzene rings is 10. The Labute approximate surface area is 325 Å². The molecule has 0 bridgehead atoms. The van der Waals surface area contributed by atoms with E-state index in [0.29, 0.717) is 0 Å². The standard InChI is InChI=1S/C55H36O/c1-55(2)48-27-25-35(30-46(48)47-31-36-26-28-51-54(45(36)32-49(47)55)44-22-9-10-24-50(44)56-51)34-15-11-16-37(29-34)52-40-18-5-7-20-42(40)53(43-21-8-6-19-41(43)52)39-23-12-14-33-13-3-4-17-38(33)39/h3-32H,1-2H3. The van der Waals surface area contributed by atoms with Crippen LogP contribution < -0.4 is 0 Å². The molecule has 0 atom stereocenters. The highest BCUT2D eigenvalue weighted by Crippen LogP contribution is 2.52. The maximum Gasteiger partial charge on any atom is 0.136 e. The van der Waals surface area contributed by atoms with Crippen LogP contribution in [0, 0.1) is 0 Å². The van der Waals surface area contributed by atoms with Gasteiger partial charge in [-0.3, -0.25) is 0 Å². The molecule has 0 saturated heterocycles. The average molecular weight is 713 g/mol. The zero-order valence-electron chi connectivity index (χ0n) is 31.2. The van der Waals surface area contributed by atoms with Crippen LogP contribution in [-0.2, 0) is 5.41 Å². The van der Waals surface area contributed by atoms with Crippen LogP contribution in [0.15, 0.2) is 186 Å². The summed E-state index contributed by atoms with van der Waals surface area (Å²) >= 11 is 0. The summed E-state index contributed by atoms with van der Waals surface area (Å²) in [7, 11) is 0. The molecule has 0 fully saturated rings. The lowest BCUT2D eigenvalue weighted by Crippen LogP contribution is -2.14. The molecular formula is C55H36O. The van der Waals surface area contributed by atoms with Crippen molar-refractivity contribution in [1.82, 2.24) is 0 Å². The van der Waals surface area contributed by atoms with Crippen LogP contribution in [0.25, 0.3) is 110 Å². The Morgan fingerprint density at radius 3 is 1.73 bits per heavy atom. The molecule has 0 amide bonds. The van der Waals surface area contributed by atoms with Crippen LogP contribution in [-0.4, -0.2) is 0 Å². The van der Waals surface area contributed by atoms with Gasteiger partial charge in [-0.1, -0.05) is 159 Å². The van der Waals surface area contributed by atoms with E-state index in [9.17, 15) is 0 Å². The minimum atomic E-state index is -0.134. The maximum atomic E-state index is 6.29. The predicted molar refractivity (Wildman–Crippen MR) is 238 cm³/mol. The normalized spacial score (nSPS) is 13.3. The van der Waals surface area contributed by atoms with Gasteiger partial charge in [0.15, 0.2) is 0 Å². The van der Waals surface area contributed by atoms with Gasteiger partial charge in [-0.25, -0.2) is 0 Å². The average Bonchev–Trinajstić information content (AvgIpc) is 3.73. The predicted octanol–water partition coefficient (Wildman–Crippen LogP) is 15.5. The van der Waals surface area contributed by atoms with Gasteiger partial charge >= 0.3 is 0 Å². The van der Waals surface area contributed by atoms with Crippen LogP contribution >= 0.6 is 0 Å². The molecule has 262 valence electrons. The Hall–Kier alpha value is -6.96. The molecule has 1 nitrogen and oxygen atoms in total. The largest absolute Gasteiger partial charge is 0.456 e. The molecule has 1 heterocycles. The molecule has 1 aromatic heterocycles. The van der Waals surface area contributed by atoms with E-state index in [4.69, 9.17) is 4.42 Å². The molecule has 0 unspecified atom stereocenters. The van der Waals surface area contributed by atoms with Crippen molar-refractivity contribution in [1.29, 1.82) is 0 Å². The summed E-state index contributed by atoms with van der Waals surface area (Å²) in [6.45, 7) is 4.74. The minimum Gasteiger partial charge on any atom is -0.456 e. The van der Waals surface area contributed by atoms with Crippen LogP contribution in [0.5, 0.6) is 0 Å². The van der Waals surface area contributed by atoms with Gasteiger partial charge in [0.25, 0.3) is 0 Å². The summed E-state index contributed by atoms with van der Waals surface area (Å²) in [6.07, 6.45) is 0. The molecule has 11 aromatic rings. The van der Waals surface area contributed by atoms with Crippen LogP contribution in [0.1, 0.15) is 25.0 Å². The van der Waals surface area contributed by atoms with Crippen molar-refractivity contribution in [2.24, 2.45) is 0 Å². The van der Waals surface area contributed by atoms with Crippen molar-refractivity contribution in [3.05, 3.63) is 193 Å². The lowest BCUT2D eigenvalue weighted by Gasteiger charge is -2.22. The van der Waals surface area contributed by atoms with E-state index in [1.165, 1.54) is 109 Å². The van der Waals surface area contributed by atoms with Crippen molar-refractivity contribution in [3.8, 4) is 44.5 Å². The zero-order valence-corrected chi connectivity index (χ0v) is 31.2. The molecule has 1 aliphatic rings. The van der Waals surface area contributed by atoms with Crippen molar-refractivity contribution < 1.29 is 4.42 Å². The van der Waals surface area contributed by atoms with Gasteiger partial charge < -0.3 is 4.42 Å². The van der Waals surface area contributed by atoms with Gasteiger partial charge in [0, 0.05) is 16.2 Å². The second kappa shape index (κ2) is 11.5. The Bertz CT molecular complexity index is 3390. The SMILES string of the molecule is CC1(C)c2ccc(-c3cccc(-c4c5ccccc5c(-c5cccc6ccccc56)c5ccccc45)c3)cc2-c2cc3ccc4oc5ccccc5c4c3cc21. The monoisotopic (exact) mass is 712 g/mol. The molecule has 0 spiro atoms. The fourth-order valence-corrected chi connectivity index (χ4v) is 10.00. The fourth-order valence-electron chi connectivity index (χ4n) is 10.00. The van der Waals surface area contributed by atoms with E-state index >= 15 is 0 Å². The summed E-state index contributed by atoms with van der Waals surface area (Å²) in [5, 5.41) is 12.5. The number of fused-ring (bicyclic) bond motifs is 11. The highest BCUT2D eigenvalue weighted by atomic mass is 16.3. The highest BCUT2D eigenvalue weighted by Gasteiger charge is 2.36. The fraction of sp³-hybridized carbons (Fsp3) is 0.0545. The van der Waals surface area contributed by atoms with Crippen molar-refractivity contribution in [2.45, 2.75) is 19.3 Å². The summed E-state index contributed by atoms with van der Waals surface area (Å²) < 4.78 is 6.29. The van der Waals surface area contributed by atoms with Gasteiger partial charge in [-0.05, 0) is 135 Å². The first-order valence-corrected chi connectivity index (χ1v) is 19.6. The van der Waals surface area contributed by atoms with E-state index < -0.39 is 0 Å². The molecule has 56 heavy (non-hydrogen) atoms. The van der Waals surface area contributed by atoms with Crippen molar-refractivity contribution in [2.75, 3.05) is 0 Å². The minimum absolute atomic E-state index is 0.134. The van der Waals surface area contributed by atoms with E-state index in [-0.39, 0.29) is 5.41 Å². The Kier molecular flexibility index (Phi) is 6.46. The third-order valence-corrected chi connectivity index (χ3v) is 12.6. The molecule has 0 N–H and O–H groups in total. The highest BCUT2D eigenvalue weighted by molar-refractivity contribution is 6.24. The van der Waals surface area contributed by atoms with E-state index in [2.05, 4.69) is 190 Å². The Balaban J connectivity index is 1.03. The quantitative estimate of drug-likeness (QED) is 0.166. The zero-order chi connectivity index (χ0) is 37.1. The molecule has 0 aliphatic heterocycles. The summed E-state index contributed by atoms with van der Waals surface area (Å²) in [4.78, 5) is 0. The third kappa shape index (κ3) is 4.37. The van der Waals surface area contributed by atoms with E-state index in [0.717, 1.165) is 11.2 Å². The molecule has 10 aromatic carbocycles. The van der Waals surface area contributed by atoms with Crippen LogP contribution in [0.2, 0.25) is 0 Å². The molecule has 12 rings (SSSR count). The number of para-hydroxylation sites is 1. The van der Waals surface area contributed by atoms with Gasteiger partial charge in [-0.2, -0.15) is 0 Å². The first-order valence-electron chi connectivity index (χ1n) is 19.6. The molecule has 0 saturated carbocycles. The summed E-state index contributed by atoms with van der Waals surface area (Å²) in [5.74, 6) is 0. The van der Waals surface area contributed by atoms with Gasteiger partial charge in [0.1, 0.15) is 11.2 Å². The number of furan rings is 1. The van der Waals surface area contributed by atoms with E-state index in [1.54, 1.807) is 0 Å². The second-order valence-corrected chi connectivity index (χ2v) is 16.0. The molecule has 1 aliphatic carbocycles. The van der Waals surface area contributed by atoms with Gasteiger partial charge in [-0.15, -0.1) is 0 Å². The number of hydrogen-bond donors (Lipinski definition) is 0. The molecule has 0 radical (unpaired) electrons. The van der Waals surface area contributed by atoms with E-state index in [1.807, 2.05) is 6.07 Å².